The summed E-state index contributed by atoms with van der Waals surface area (Å²) < 4.78 is 0. The van der Waals surface area contributed by atoms with Crippen LogP contribution < -0.4 is 5.32 Å². The zero-order chi connectivity index (χ0) is 14.8. The van der Waals surface area contributed by atoms with Crippen molar-refractivity contribution in [3.05, 3.63) is 41.5 Å². The third kappa shape index (κ3) is 6.02. The molecule has 0 radical (unpaired) electrons. The molecule has 1 rings (SSSR count). The first-order chi connectivity index (χ1) is 9.67. The molecule has 0 fully saturated rings. The summed E-state index contributed by atoms with van der Waals surface area (Å²) in [6.45, 7) is 3.91. The number of unbranched alkanes of at least 4 members (excludes halogenated alkanes) is 3. The van der Waals surface area contributed by atoms with Crippen LogP contribution in [0.3, 0.4) is 0 Å². The first-order valence-corrected chi connectivity index (χ1v) is 7.35. The lowest BCUT2D eigenvalue weighted by atomic mass is 10.1. The summed E-state index contributed by atoms with van der Waals surface area (Å²) in [6, 6.07) is 7.30. The highest BCUT2D eigenvalue weighted by atomic mass is 16.3. The van der Waals surface area contributed by atoms with Gasteiger partial charge in [-0.15, -0.1) is 0 Å². The van der Waals surface area contributed by atoms with Gasteiger partial charge in [0.05, 0.1) is 6.61 Å². The highest BCUT2D eigenvalue weighted by Crippen LogP contribution is 2.09. The number of nitrogens with one attached hydrogen (secondary N) is 1. The van der Waals surface area contributed by atoms with E-state index in [1.165, 1.54) is 19.3 Å². The van der Waals surface area contributed by atoms with Gasteiger partial charge in [-0.05, 0) is 37.5 Å². The van der Waals surface area contributed by atoms with E-state index in [2.05, 4.69) is 24.4 Å². The molecule has 1 aromatic rings. The number of hydrogen-bond donors (Lipinski definition) is 2. The minimum absolute atomic E-state index is 0.0528. The molecule has 1 amide bonds. The Morgan fingerprint density at radius 1 is 1.40 bits per heavy atom. The third-order valence-electron chi connectivity index (χ3n) is 3.08. The Hall–Kier alpha value is -1.61. The monoisotopic (exact) mass is 275 g/mol. The molecule has 0 bridgehead atoms. The number of amides is 1. The zero-order valence-corrected chi connectivity index (χ0v) is 12.4. The average molecular weight is 275 g/mol. The van der Waals surface area contributed by atoms with Gasteiger partial charge in [-0.1, -0.05) is 44.1 Å². The number of allylic oxidation sites excluding steroid dienone is 1. The molecule has 1 unspecified atom stereocenters. The number of carbonyl (C=O) groups is 1. The Morgan fingerprint density at radius 3 is 2.90 bits per heavy atom. The molecule has 0 aliphatic carbocycles. The van der Waals surface area contributed by atoms with E-state index in [-0.39, 0.29) is 18.6 Å². The summed E-state index contributed by atoms with van der Waals surface area (Å²) in [5.41, 5.74) is 1.66. The van der Waals surface area contributed by atoms with Crippen LogP contribution in [0.5, 0.6) is 0 Å². The van der Waals surface area contributed by atoms with Gasteiger partial charge in [0.25, 0.3) is 5.91 Å². The molecular weight excluding hydrogens is 250 g/mol. The third-order valence-corrected chi connectivity index (χ3v) is 3.08. The Balaban J connectivity index is 2.59. The van der Waals surface area contributed by atoms with Gasteiger partial charge < -0.3 is 10.4 Å². The van der Waals surface area contributed by atoms with E-state index < -0.39 is 0 Å². The van der Waals surface area contributed by atoms with Crippen molar-refractivity contribution < 1.29 is 9.90 Å². The van der Waals surface area contributed by atoms with Gasteiger partial charge >= 0.3 is 0 Å². The first-order valence-electron chi connectivity index (χ1n) is 7.35. The lowest BCUT2D eigenvalue weighted by Crippen LogP contribution is -2.34. The van der Waals surface area contributed by atoms with E-state index in [1.54, 1.807) is 13.0 Å². The number of hydrogen-bond acceptors (Lipinski definition) is 2. The van der Waals surface area contributed by atoms with Gasteiger partial charge in [0.15, 0.2) is 0 Å². The Morgan fingerprint density at radius 2 is 2.20 bits per heavy atom. The highest BCUT2D eigenvalue weighted by Gasteiger charge is 2.08. The Kier molecular flexibility index (Phi) is 7.66. The van der Waals surface area contributed by atoms with Crippen molar-refractivity contribution in [3.8, 4) is 0 Å². The van der Waals surface area contributed by atoms with Crippen molar-refractivity contribution >= 4 is 12.0 Å². The first kappa shape index (κ1) is 16.4. The molecule has 3 nitrogen and oxygen atoms in total. The Labute approximate surface area is 121 Å². The van der Waals surface area contributed by atoms with Crippen LogP contribution in [-0.2, 0) is 0 Å². The van der Waals surface area contributed by atoms with Crippen molar-refractivity contribution in [2.75, 3.05) is 6.61 Å². The molecule has 0 aliphatic rings. The summed E-state index contributed by atoms with van der Waals surface area (Å²) in [6.07, 6.45) is 8.98. The second kappa shape index (κ2) is 9.32. The summed E-state index contributed by atoms with van der Waals surface area (Å²) in [7, 11) is 0. The van der Waals surface area contributed by atoms with E-state index in [0.717, 1.165) is 12.0 Å². The van der Waals surface area contributed by atoms with Crippen molar-refractivity contribution in [1.82, 2.24) is 5.32 Å². The van der Waals surface area contributed by atoms with Crippen molar-refractivity contribution in [2.24, 2.45) is 0 Å². The predicted octanol–water partition coefficient (Wildman–Crippen LogP) is 3.39. The van der Waals surface area contributed by atoms with Gasteiger partial charge in [-0.25, -0.2) is 0 Å². The number of aliphatic hydroxyl groups excluding tert-OH is 1. The lowest BCUT2D eigenvalue weighted by Gasteiger charge is -2.10. The largest absolute Gasteiger partial charge is 0.394 e. The van der Waals surface area contributed by atoms with Gasteiger partial charge in [0.1, 0.15) is 0 Å². The zero-order valence-electron chi connectivity index (χ0n) is 12.4. The van der Waals surface area contributed by atoms with E-state index >= 15 is 0 Å². The van der Waals surface area contributed by atoms with Crippen LogP contribution in [0.25, 0.3) is 6.08 Å². The van der Waals surface area contributed by atoms with E-state index in [1.807, 2.05) is 18.2 Å². The summed E-state index contributed by atoms with van der Waals surface area (Å²) >= 11 is 0. The van der Waals surface area contributed by atoms with Gasteiger partial charge in [-0.2, -0.15) is 0 Å². The topological polar surface area (TPSA) is 49.3 Å². The quantitative estimate of drug-likeness (QED) is 0.714. The molecule has 110 valence electrons. The molecule has 20 heavy (non-hydrogen) atoms. The second-order valence-electron chi connectivity index (χ2n) is 5.08. The summed E-state index contributed by atoms with van der Waals surface area (Å²) in [5, 5.41) is 11.7. The smallest absolute Gasteiger partial charge is 0.251 e. The standard InChI is InChI=1S/C17H25NO2/c1-3-4-5-6-7-9-15-10-8-11-16(12-15)17(20)18-14(2)13-19/h7-12,14,19H,3-6,13H2,1-2H3,(H,18,20). The van der Waals surface area contributed by atoms with Crippen molar-refractivity contribution in [3.63, 3.8) is 0 Å². The molecule has 0 aromatic heterocycles. The fourth-order valence-electron chi connectivity index (χ4n) is 1.87. The fourth-order valence-corrected chi connectivity index (χ4v) is 1.87. The molecular formula is C17H25NO2. The average Bonchev–Trinajstić information content (AvgIpc) is 2.47. The number of rotatable bonds is 8. The maximum atomic E-state index is 11.9. The SMILES string of the molecule is CCCCCC=Cc1cccc(C(=O)NC(C)CO)c1. The number of carbonyl (C=O) groups excluding carboxylic acids is 1. The molecule has 0 heterocycles. The van der Waals surface area contributed by atoms with Crippen LogP contribution in [0, 0.1) is 0 Å². The van der Waals surface area contributed by atoms with E-state index in [9.17, 15) is 4.79 Å². The molecule has 3 heteroatoms. The molecule has 0 saturated carbocycles. The van der Waals surface area contributed by atoms with Crippen LogP contribution in [0.1, 0.15) is 55.5 Å². The van der Waals surface area contributed by atoms with Gasteiger partial charge in [-0.3, -0.25) is 4.79 Å². The highest BCUT2D eigenvalue weighted by molar-refractivity contribution is 5.94. The van der Waals surface area contributed by atoms with Crippen LogP contribution in [0.2, 0.25) is 0 Å². The van der Waals surface area contributed by atoms with Crippen molar-refractivity contribution in [2.45, 2.75) is 45.6 Å². The summed E-state index contributed by atoms with van der Waals surface area (Å²) in [4.78, 5) is 11.9. The minimum atomic E-state index is -0.226. The number of aliphatic hydroxyl groups is 1. The van der Waals surface area contributed by atoms with Crippen LogP contribution in [0.4, 0.5) is 0 Å². The van der Waals surface area contributed by atoms with Crippen molar-refractivity contribution in [1.29, 1.82) is 0 Å². The van der Waals surface area contributed by atoms with Crippen LogP contribution in [-0.4, -0.2) is 23.7 Å². The summed E-state index contributed by atoms with van der Waals surface area (Å²) in [5.74, 6) is -0.146. The van der Waals surface area contributed by atoms with Gasteiger partial charge in [0, 0.05) is 11.6 Å². The molecule has 1 atom stereocenters. The minimum Gasteiger partial charge on any atom is -0.394 e. The molecule has 1 aromatic carbocycles. The molecule has 0 aliphatic heterocycles. The van der Waals surface area contributed by atoms with E-state index in [0.29, 0.717) is 5.56 Å². The van der Waals surface area contributed by atoms with Crippen LogP contribution >= 0.6 is 0 Å². The lowest BCUT2D eigenvalue weighted by molar-refractivity contribution is 0.0922. The fraction of sp³-hybridized carbons (Fsp3) is 0.471. The maximum Gasteiger partial charge on any atom is 0.251 e. The number of benzene rings is 1. The van der Waals surface area contributed by atoms with Gasteiger partial charge in [0.2, 0.25) is 0 Å². The molecule has 0 saturated heterocycles. The van der Waals surface area contributed by atoms with Crippen LogP contribution in [0.15, 0.2) is 30.3 Å². The molecule has 0 spiro atoms. The normalized spacial score (nSPS) is 12.6. The second-order valence-corrected chi connectivity index (χ2v) is 5.08. The maximum absolute atomic E-state index is 11.9. The molecule has 2 N–H and O–H groups in total. The Bertz CT molecular complexity index is 440. The van der Waals surface area contributed by atoms with E-state index in [4.69, 9.17) is 5.11 Å². The predicted molar refractivity (Wildman–Crippen MR) is 83.6 cm³/mol.